The van der Waals surface area contributed by atoms with E-state index in [9.17, 15) is 0 Å². The molecule has 0 aromatic heterocycles. The number of nitriles is 1. The SMILES string of the molecule is C=CC(=C\C=C\C(C)(C)C#N)/C(/C=C/N=CC)=C(C)/C=C/C. The van der Waals surface area contributed by atoms with Crippen molar-refractivity contribution in [3.63, 3.8) is 0 Å². The van der Waals surface area contributed by atoms with Crippen LogP contribution in [0.25, 0.3) is 0 Å². The highest BCUT2D eigenvalue weighted by Crippen LogP contribution is 2.20. The smallest absolute Gasteiger partial charge is 0.0725 e. The zero-order chi connectivity index (χ0) is 17.0. The highest BCUT2D eigenvalue weighted by Gasteiger charge is 2.10. The van der Waals surface area contributed by atoms with Crippen LogP contribution in [0, 0.1) is 16.7 Å². The van der Waals surface area contributed by atoms with Crippen LogP contribution in [0.4, 0.5) is 0 Å². The summed E-state index contributed by atoms with van der Waals surface area (Å²) in [5.74, 6) is 0. The van der Waals surface area contributed by atoms with E-state index in [2.05, 4.69) is 30.6 Å². The van der Waals surface area contributed by atoms with E-state index >= 15 is 0 Å². The molecule has 0 radical (unpaired) electrons. The number of hydrogen-bond acceptors (Lipinski definition) is 2. The van der Waals surface area contributed by atoms with Gasteiger partial charge in [0.2, 0.25) is 0 Å². The molecule has 0 aliphatic heterocycles. The van der Waals surface area contributed by atoms with Crippen molar-refractivity contribution in [3.8, 4) is 6.07 Å². The first-order valence-corrected chi connectivity index (χ1v) is 7.33. The Morgan fingerprint density at radius 2 is 1.91 bits per heavy atom. The standard InChI is InChI=1S/C20H26N2/c1-7-11-17(4)19(13-15-22-9-3)18(8-2)12-10-14-20(5,6)16-21/h7-15H,2H2,1,3-6H3/b11-7+,14-10+,15-13+,18-12+,19-17+,22-9?. The number of nitrogens with zero attached hydrogens (tertiary/aromatic N) is 2. The summed E-state index contributed by atoms with van der Waals surface area (Å²) < 4.78 is 0. The third-order valence-electron chi connectivity index (χ3n) is 2.93. The summed E-state index contributed by atoms with van der Waals surface area (Å²) in [5.41, 5.74) is 2.69. The first-order chi connectivity index (χ1) is 10.4. The van der Waals surface area contributed by atoms with Crippen molar-refractivity contribution in [1.29, 1.82) is 5.26 Å². The topological polar surface area (TPSA) is 36.1 Å². The van der Waals surface area contributed by atoms with E-state index in [0.29, 0.717) is 0 Å². The van der Waals surface area contributed by atoms with Crippen molar-refractivity contribution in [2.45, 2.75) is 34.6 Å². The zero-order valence-corrected chi connectivity index (χ0v) is 14.3. The van der Waals surface area contributed by atoms with Gasteiger partial charge < -0.3 is 0 Å². The Morgan fingerprint density at radius 1 is 1.23 bits per heavy atom. The minimum atomic E-state index is -0.479. The largest absolute Gasteiger partial charge is 0.269 e. The van der Waals surface area contributed by atoms with Crippen LogP contribution in [0.15, 0.2) is 77.0 Å². The molecule has 0 rings (SSSR count). The normalized spacial score (nSPS) is 15.0. The molecule has 0 N–H and O–H groups in total. The van der Waals surface area contributed by atoms with Crippen molar-refractivity contribution >= 4 is 6.21 Å². The third-order valence-corrected chi connectivity index (χ3v) is 2.93. The van der Waals surface area contributed by atoms with Gasteiger partial charge in [0.1, 0.15) is 0 Å². The Balaban J connectivity index is 5.74. The predicted octanol–water partition coefficient (Wildman–Crippen LogP) is 5.70. The van der Waals surface area contributed by atoms with Gasteiger partial charge in [-0.05, 0) is 57.4 Å². The van der Waals surface area contributed by atoms with Gasteiger partial charge in [-0.1, -0.05) is 43.0 Å². The van der Waals surface area contributed by atoms with Crippen LogP contribution < -0.4 is 0 Å². The first-order valence-electron chi connectivity index (χ1n) is 7.33. The molecule has 0 heterocycles. The molecule has 0 unspecified atom stereocenters. The van der Waals surface area contributed by atoms with E-state index < -0.39 is 5.41 Å². The van der Waals surface area contributed by atoms with Crippen molar-refractivity contribution in [1.82, 2.24) is 0 Å². The molecule has 0 aromatic rings. The summed E-state index contributed by atoms with van der Waals surface area (Å²) in [5, 5.41) is 9.04. The minimum absolute atomic E-state index is 0.479. The van der Waals surface area contributed by atoms with Crippen LogP contribution in [-0.4, -0.2) is 6.21 Å². The Morgan fingerprint density at radius 3 is 2.41 bits per heavy atom. The molecule has 22 heavy (non-hydrogen) atoms. The summed E-state index contributed by atoms with van der Waals surface area (Å²) in [6.45, 7) is 13.6. The maximum Gasteiger partial charge on any atom is 0.0725 e. The van der Waals surface area contributed by atoms with Gasteiger partial charge in [0.05, 0.1) is 11.5 Å². The molecule has 0 aromatic carbocycles. The van der Waals surface area contributed by atoms with Crippen LogP contribution in [0.5, 0.6) is 0 Å². The lowest BCUT2D eigenvalue weighted by Crippen LogP contribution is -2.01. The summed E-state index contributed by atoms with van der Waals surface area (Å²) in [6, 6.07) is 2.25. The van der Waals surface area contributed by atoms with Crippen LogP contribution >= 0.6 is 0 Å². The van der Waals surface area contributed by atoms with Crippen molar-refractivity contribution in [3.05, 3.63) is 72.0 Å². The van der Waals surface area contributed by atoms with Crippen molar-refractivity contribution < 1.29 is 0 Å². The van der Waals surface area contributed by atoms with E-state index in [0.717, 1.165) is 16.7 Å². The summed E-state index contributed by atoms with van der Waals surface area (Å²) in [7, 11) is 0. The summed E-state index contributed by atoms with van der Waals surface area (Å²) in [6.07, 6.45) is 17.1. The lowest BCUT2D eigenvalue weighted by molar-refractivity contribution is 0.644. The molecule has 2 nitrogen and oxygen atoms in total. The Kier molecular flexibility index (Phi) is 9.22. The first kappa shape index (κ1) is 19.6. The molecule has 0 aliphatic rings. The number of allylic oxidation sites excluding steroid dienone is 10. The van der Waals surface area contributed by atoms with E-state index in [4.69, 9.17) is 5.26 Å². The van der Waals surface area contributed by atoms with Crippen molar-refractivity contribution in [2.75, 3.05) is 0 Å². The fraction of sp³-hybridized carbons (Fsp3) is 0.300. The monoisotopic (exact) mass is 294 g/mol. The fourth-order valence-electron chi connectivity index (χ4n) is 1.70. The molecule has 0 amide bonds. The molecule has 0 bridgehead atoms. The lowest BCUT2D eigenvalue weighted by atomic mass is 9.94. The number of hydrogen-bond donors (Lipinski definition) is 0. The van der Waals surface area contributed by atoms with Gasteiger partial charge in [0.25, 0.3) is 0 Å². The fourth-order valence-corrected chi connectivity index (χ4v) is 1.70. The van der Waals surface area contributed by atoms with E-state index in [-0.39, 0.29) is 0 Å². The van der Waals surface area contributed by atoms with Gasteiger partial charge in [0, 0.05) is 12.4 Å². The van der Waals surface area contributed by atoms with Gasteiger partial charge in [-0.3, -0.25) is 4.99 Å². The maximum absolute atomic E-state index is 9.04. The van der Waals surface area contributed by atoms with Crippen LogP contribution in [0.2, 0.25) is 0 Å². The van der Waals surface area contributed by atoms with Gasteiger partial charge in [0.15, 0.2) is 0 Å². The lowest BCUT2D eigenvalue weighted by Gasteiger charge is -2.08. The van der Waals surface area contributed by atoms with E-state index in [1.54, 1.807) is 12.4 Å². The van der Waals surface area contributed by atoms with Crippen LogP contribution in [0.3, 0.4) is 0 Å². The molecular weight excluding hydrogens is 268 g/mol. The molecule has 0 aliphatic carbocycles. The zero-order valence-electron chi connectivity index (χ0n) is 14.3. The Bertz CT molecular complexity index is 586. The second kappa shape index (κ2) is 10.3. The average Bonchev–Trinajstić information content (AvgIpc) is 2.49. The van der Waals surface area contributed by atoms with E-state index in [1.807, 2.05) is 64.2 Å². The second-order valence-electron chi connectivity index (χ2n) is 5.34. The van der Waals surface area contributed by atoms with Gasteiger partial charge in [-0.25, -0.2) is 0 Å². The van der Waals surface area contributed by atoms with Gasteiger partial charge in [-0.15, -0.1) is 0 Å². The summed E-state index contributed by atoms with van der Waals surface area (Å²) in [4.78, 5) is 4.12. The van der Waals surface area contributed by atoms with Gasteiger partial charge in [-0.2, -0.15) is 5.26 Å². The minimum Gasteiger partial charge on any atom is -0.269 e. The van der Waals surface area contributed by atoms with Crippen LogP contribution in [0.1, 0.15) is 34.6 Å². The molecule has 2 heteroatoms. The molecule has 116 valence electrons. The Labute approximate surface area is 135 Å². The average molecular weight is 294 g/mol. The molecular formula is C20H26N2. The van der Waals surface area contributed by atoms with Crippen molar-refractivity contribution in [2.24, 2.45) is 10.4 Å². The van der Waals surface area contributed by atoms with Crippen LogP contribution in [-0.2, 0) is 0 Å². The maximum atomic E-state index is 9.04. The molecule has 0 saturated heterocycles. The highest BCUT2D eigenvalue weighted by atomic mass is 14.6. The number of aliphatic imine (C=N–C) groups is 1. The predicted molar refractivity (Wildman–Crippen MR) is 97.6 cm³/mol. The quantitative estimate of drug-likeness (QED) is 0.438. The molecule has 0 saturated carbocycles. The highest BCUT2D eigenvalue weighted by molar-refractivity contribution is 5.56. The molecule has 0 fully saturated rings. The van der Waals surface area contributed by atoms with Gasteiger partial charge >= 0.3 is 0 Å². The summed E-state index contributed by atoms with van der Waals surface area (Å²) >= 11 is 0. The third kappa shape index (κ3) is 7.40. The van der Waals surface area contributed by atoms with E-state index in [1.165, 1.54) is 0 Å². The second-order valence-corrected chi connectivity index (χ2v) is 5.34. The Hall–Kier alpha value is -2.40. The molecule has 0 spiro atoms. The molecule has 0 atom stereocenters. The number of rotatable bonds is 7.